The number of aromatic nitrogens is 4. The molecule has 2 aromatic carbocycles. The van der Waals surface area contributed by atoms with Gasteiger partial charge >= 0.3 is 0 Å². The van der Waals surface area contributed by atoms with Gasteiger partial charge in [-0.05, 0) is 30.7 Å². The van der Waals surface area contributed by atoms with Crippen molar-refractivity contribution in [1.82, 2.24) is 19.7 Å². The molecule has 0 spiro atoms. The predicted molar refractivity (Wildman–Crippen MR) is 117 cm³/mol. The Hall–Kier alpha value is -3.68. The van der Waals surface area contributed by atoms with E-state index in [1.54, 1.807) is 31.8 Å². The Morgan fingerprint density at radius 2 is 2.03 bits per heavy atom. The molecule has 0 bridgehead atoms. The number of halogens is 1. The molecule has 4 aromatic rings. The molecule has 1 aliphatic rings. The molecule has 7 nitrogen and oxygen atoms in total. The largest absolute Gasteiger partial charge is 0.496 e. The molecule has 5 rings (SSSR count). The highest BCUT2D eigenvalue weighted by Gasteiger charge is 2.22. The van der Waals surface area contributed by atoms with Crippen molar-refractivity contribution in [2.75, 3.05) is 32.2 Å². The molecule has 0 atom stereocenters. The zero-order chi connectivity index (χ0) is 21.5. The van der Waals surface area contributed by atoms with Crippen LogP contribution in [0.15, 0.2) is 42.9 Å². The summed E-state index contributed by atoms with van der Waals surface area (Å²) in [5.41, 5.74) is 5.02. The number of methoxy groups -OCH3 is 1. The van der Waals surface area contributed by atoms with Crippen LogP contribution >= 0.6 is 0 Å². The van der Waals surface area contributed by atoms with E-state index < -0.39 is 0 Å². The lowest BCUT2D eigenvalue weighted by atomic mass is 9.97. The monoisotopic (exact) mass is 419 g/mol. The lowest BCUT2D eigenvalue weighted by Gasteiger charge is -2.29. The van der Waals surface area contributed by atoms with Crippen LogP contribution in [-0.2, 0) is 6.54 Å². The normalized spacial score (nSPS) is 13.2. The lowest BCUT2D eigenvalue weighted by Crippen LogP contribution is -2.28. The smallest absolute Gasteiger partial charge is 0.183 e. The van der Waals surface area contributed by atoms with Crippen molar-refractivity contribution < 1.29 is 13.9 Å². The number of nitrogens with zero attached hydrogens (tertiary/aromatic N) is 5. The summed E-state index contributed by atoms with van der Waals surface area (Å²) in [6, 6.07) is 8.73. The summed E-state index contributed by atoms with van der Waals surface area (Å²) in [7, 11) is 3.59. The average molecular weight is 419 g/mol. The molecule has 0 radical (unpaired) electrons. The first-order chi connectivity index (χ1) is 15.1. The highest BCUT2D eigenvalue weighted by molar-refractivity contribution is 5.91. The number of hydrogen-bond donors (Lipinski definition) is 0. The average Bonchev–Trinajstić information content (AvgIpc) is 3.22. The van der Waals surface area contributed by atoms with E-state index in [9.17, 15) is 0 Å². The van der Waals surface area contributed by atoms with Crippen LogP contribution in [0.3, 0.4) is 0 Å². The fraction of sp³-hybridized carbons (Fsp3) is 0.261. The van der Waals surface area contributed by atoms with Gasteiger partial charge in [0, 0.05) is 36.3 Å². The van der Waals surface area contributed by atoms with Crippen LogP contribution in [-0.4, -0.2) is 47.1 Å². The Morgan fingerprint density at radius 1 is 1.16 bits per heavy atom. The SMILES string of the molecule is CCn1cnc2c(-c3ccc(F)c(-c4cc5c(cc4OC)N(C)CCO5)c3)cnnc21. The second-order valence-electron chi connectivity index (χ2n) is 7.45. The van der Waals surface area contributed by atoms with E-state index in [0.29, 0.717) is 34.9 Å². The van der Waals surface area contributed by atoms with E-state index in [1.807, 2.05) is 30.7 Å². The molecule has 2 aromatic heterocycles. The van der Waals surface area contributed by atoms with Crippen molar-refractivity contribution in [2.24, 2.45) is 0 Å². The first kappa shape index (κ1) is 19.3. The topological polar surface area (TPSA) is 65.3 Å². The molecule has 0 saturated heterocycles. The maximum absolute atomic E-state index is 15.0. The van der Waals surface area contributed by atoms with Gasteiger partial charge in [-0.2, -0.15) is 5.10 Å². The van der Waals surface area contributed by atoms with Gasteiger partial charge in [0.25, 0.3) is 0 Å². The van der Waals surface area contributed by atoms with Crippen LogP contribution in [0.1, 0.15) is 6.92 Å². The zero-order valence-electron chi connectivity index (χ0n) is 17.6. The Bertz CT molecular complexity index is 1290. The second-order valence-corrected chi connectivity index (χ2v) is 7.45. The van der Waals surface area contributed by atoms with Gasteiger partial charge in [0.05, 0.1) is 31.9 Å². The van der Waals surface area contributed by atoms with Crippen molar-refractivity contribution in [1.29, 1.82) is 0 Å². The lowest BCUT2D eigenvalue weighted by molar-refractivity contribution is 0.310. The third-order valence-electron chi connectivity index (χ3n) is 5.69. The highest BCUT2D eigenvalue weighted by atomic mass is 19.1. The van der Waals surface area contributed by atoms with Crippen molar-refractivity contribution in [2.45, 2.75) is 13.5 Å². The third kappa shape index (κ3) is 3.15. The summed E-state index contributed by atoms with van der Waals surface area (Å²) in [6.45, 7) is 4.13. The van der Waals surface area contributed by atoms with Gasteiger partial charge in [0.1, 0.15) is 29.4 Å². The predicted octanol–water partition coefficient (Wildman–Crippen LogP) is 4.16. The number of anilines is 1. The number of hydrogen-bond acceptors (Lipinski definition) is 6. The first-order valence-electron chi connectivity index (χ1n) is 10.1. The molecule has 1 aliphatic heterocycles. The van der Waals surface area contributed by atoms with Crippen LogP contribution in [0.5, 0.6) is 11.5 Å². The molecule has 31 heavy (non-hydrogen) atoms. The fourth-order valence-electron chi connectivity index (χ4n) is 3.97. The van der Waals surface area contributed by atoms with Crippen molar-refractivity contribution >= 4 is 16.9 Å². The Morgan fingerprint density at radius 3 is 2.84 bits per heavy atom. The van der Waals surface area contributed by atoms with Crippen LogP contribution < -0.4 is 14.4 Å². The van der Waals surface area contributed by atoms with Gasteiger partial charge in [0.2, 0.25) is 0 Å². The van der Waals surface area contributed by atoms with Gasteiger partial charge < -0.3 is 18.9 Å². The van der Waals surface area contributed by atoms with E-state index in [4.69, 9.17) is 9.47 Å². The van der Waals surface area contributed by atoms with Crippen molar-refractivity contribution in [3.8, 4) is 33.8 Å². The van der Waals surface area contributed by atoms with E-state index in [-0.39, 0.29) is 5.82 Å². The molecule has 0 aliphatic carbocycles. The summed E-state index contributed by atoms with van der Waals surface area (Å²) >= 11 is 0. The minimum atomic E-state index is -0.344. The Kier molecular flexibility index (Phi) is 4.69. The van der Waals surface area contributed by atoms with Crippen molar-refractivity contribution in [3.63, 3.8) is 0 Å². The summed E-state index contributed by atoms with van der Waals surface area (Å²) in [5, 5.41) is 8.35. The van der Waals surface area contributed by atoms with Gasteiger partial charge in [0.15, 0.2) is 5.65 Å². The minimum Gasteiger partial charge on any atom is -0.496 e. The van der Waals surface area contributed by atoms with Crippen LogP contribution in [0.4, 0.5) is 10.1 Å². The number of fused-ring (bicyclic) bond motifs is 2. The number of imidazole rings is 1. The van der Waals surface area contributed by atoms with Gasteiger partial charge in [-0.1, -0.05) is 6.07 Å². The molecule has 8 heteroatoms. The fourth-order valence-corrected chi connectivity index (χ4v) is 3.97. The van der Waals surface area contributed by atoms with Crippen molar-refractivity contribution in [3.05, 3.63) is 48.7 Å². The molecular weight excluding hydrogens is 397 g/mol. The second kappa shape index (κ2) is 7.54. The standard InChI is InChI=1S/C23H22FN5O2/c1-4-29-13-25-22-17(12-26-27-23(22)29)14-5-6-18(24)15(9-14)16-10-21-19(11-20(16)30-3)28(2)7-8-31-21/h5-6,9-13H,4,7-8H2,1-3H3. The summed E-state index contributed by atoms with van der Waals surface area (Å²) < 4.78 is 28.4. The summed E-state index contributed by atoms with van der Waals surface area (Å²) in [4.78, 5) is 6.61. The molecule has 0 N–H and O–H groups in total. The number of benzene rings is 2. The number of aryl methyl sites for hydroxylation is 1. The number of rotatable bonds is 4. The molecule has 158 valence electrons. The molecule has 0 fully saturated rings. The quantitative estimate of drug-likeness (QED) is 0.495. The molecule has 0 saturated carbocycles. The summed E-state index contributed by atoms with van der Waals surface area (Å²) in [6.07, 6.45) is 3.40. The number of likely N-dealkylation sites (N-methyl/N-ethyl adjacent to an activating group) is 1. The van der Waals surface area contributed by atoms with Crippen LogP contribution in [0.2, 0.25) is 0 Å². The van der Waals surface area contributed by atoms with Crippen LogP contribution in [0.25, 0.3) is 33.4 Å². The first-order valence-corrected chi connectivity index (χ1v) is 10.1. The Labute approximate surface area is 179 Å². The van der Waals surface area contributed by atoms with Crippen LogP contribution in [0, 0.1) is 5.82 Å². The Balaban J connectivity index is 1.68. The van der Waals surface area contributed by atoms with E-state index in [0.717, 1.165) is 35.4 Å². The maximum atomic E-state index is 15.0. The van der Waals surface area contributed by atoms with E-state index in [1.165, 1.54) is 6.07 Å². The minimum absolute atomic E-state index is 0.344. The van der Waals surface area contributed by atoms with E-state index in [2.05, 4.69) is 20.1 Å². The number of ether oxygens (including phenoxy) is 2. The molecule has 0 unspecified atom stereocenters. The van der Waals surface area contributed by atoms with Gasteiger partial charge in [-0.25, -0.2) is 9.37 Å². The molecule has 3 heterocycles. The third-order valence-corrected chi connectivity index (χ3v) is 5.69. The summed E-state index contributed by atoms with van der Waals surface area (Å²) in [5.74, 6) is 0.952. The van der Waals surface area contributed by atoms with Gasteiger partial charge in [-0.3, -0.25) is 0 Å². The zero-order valence-corrected chi connectivity index (χ0v) is 17.6. The highest BCUT2D eigenvalue weighted by Crippen LogP contribution is 2.43. The van der Waals surface area contributed by atoms with Gasteiger partial charge in [-0.15, -0.1) is 5.10 Å². The maximum Gasteiger partial charge on any atom is 0.183 e. The van der Waals surface area contributed by atoms with E-state index >= 15 is 4.39 Å². The molecular formula is C23H22FN5O2. The molecule has 0 amide bonds.